The fraction of sp³-hybridized carbons (Fsp3) is 0.200. The SMILES string of the molecule is CC(C)n1ncc2c(=O)[nH]c(C=Cc3cc(C#N)cs3)nc21. The maximum absolute atomic E-state index is 12.1. The molecule has 0 spiro atoms. The van der Waals surface area contributed by atoms with Crippen LogP contribution in [0.3, 0.4) is 0 Å². The fourth-order valence-electron chi connectivity index (χ4n) is 2.07. The van der Waals surface area contributed by atoms with Crippen molar-refractivity contribution in [2.24, 2.45) is 0 Å². The Bertz CT molecular complexity index is 954. The van der Waals surface area contributed by atoms with Crippen LogP contribution in [0.25, 0.3) is 23.2 Å². The first-order chi connectivity index (χ1) is 10.6. The van der Waals surface area contributed by atoms with Gasteiger partial charge in [0.1, 0.15) is 17.3 Å². The molecule has 0 aliphatic heterocycles. The van der Waals surface area contributed by atoms with Crippen LogP contribution in [0.15, 0.2) is 22.4 Å². The van der Waals surface area contributed by atoms with Crippen LogP contribution in [-0.4, -0.2) is 19.7 Å². The molecule has 0 amide bonds. The van der Waals surface area contributed by atoms with Crippen molar-refractivity contribution in [1.82, 2.24) is 19.7 Å². The van der Waals surface area contributed by atoms with E-state index in [-0.39, 0.29) is 11.6 Å². The minimum absolute atomic E-state index is 0.124. The zero-order chi connectivity index (χ0) is 15.7. The molecule has 3 rings (SSSR count). The molecule has 0 saturated heterocycles. The van der Waals surface area contributed by atoms with Gasteiger partial charge in [0, 0.05) is 16.3 Å². The molecule has 0 aliphatic rings. The Morgan fingerprint density at radius 1 is 1.45 bits per heavy atom. The summed E-state index contributed by atoms with van der Waals surface area (Å²) in [6.07, 6.45) is 5.09. The van der Waals surface area contributed by atoms with Gasteiger partial charge in [-0.25, -0.2) is 9.67 Å². The van der Waals surface area contributed by atoms with Crippen molar-refractivity contribution in [3.63, 3.8) is 0 Å². The van der Waals surface area contributed by atoms with Crippen LogP contribution in [0.5, 0.6) is 0 Å². The third-order valence-corrected chi connectivity index (χ3v) is 4.02. The van der Waals surface area contributed by atoms with Crippen molar-refractivity contribution in [2.75, 3.05) is 0 Å². The first-order valence-electron chi connectivity index (χ1n) is 6.72. The second-order valence-electron chi connectivity index (χ2n) is 5.05. The molecule has 0 unspecified atom stereocenters. The van der Waals surface area contributed by atoms with E-state index in [9.17, 15) is 4.79 Å². The van der Waals surface area contributed by atoms with E-state index in [1.54, 1.807) is 22.2 Å². The molecule has 0 saturated carbocycles. The van der Waals surface area contributed by atoms with Gasteiger partial charge in [-0.3, -0.25) is 4.79 Å². The molecule has 110 valence electrons. The second kappa shape index (κ2) is 5.58. The highest BCUT2D eigenvalue weighted by Gasteiger charge is 2.11. The van der Waals surface area contributed by atoms with Crippen LogP contribution in [-0.2, 0) is 0 Å². The lowest BCUT2D eigenvalue weighted by molar-refractivity contribution is 0.546. The van der Waals surface area contributed by atoms with Crippen LogP contribution in [0.4, 0.5) is 0 Å². The first kappa shape index (κ1) is 14.2. The van der Waals surface area contributed by atoms with E-state index in [1.807, 2.05) is 19.9 Å². The molecule has 6 nitrogen and oxygen atoms in total. The van der Waals surface area contributed by atoms with E-state index in [0.717, 1.165) is 4.88 Å². The highest BCUT2D eigenvalue weighted by atomic mass is 32.1. The normalized spacial score (nSPS) is 11.5. The molecule has 3 heterocycles. The Labute approximate surface area is 130 Å². The maximum Gasteiger partial charge on any atom is 0.262 e. The van der Waals surface area contributed by atoms with Gasteiger partial charge in [-0.2, -0.15) is 10.4 Å². The average Bonchev–Trinajstić information content (AvgIpc) is 3.11. The van der Waals surface area contributed by atoms with E-state index in [1.165, 1.54) is 17.5 Å². The minimum Gasteiger partial charge on any atom is -0.306 e. The van der Waals surface area contributed by atoms with Gasteiger partial charge in [0.15, 0.2) is 5.65 Å². The second-order valence-corrected chi connectivity index (χ2v) is 6.00. The van der Waals surface area contributed by atoms with Crippen LogP contribution in [0.2, 0.25) is 0 Å². The number of thiophene rings is 1. The molecule has 22 heavy (non-hydrogen) atoms. The monoisotopic (exact) mass is 311 g/mol. The van der Waals surface area contributed by atoms with Crippen molar-refractivity contribution in [1.29, 1.82) is 5.26 Å². The number of nitriles is 1. The molecule has 0 aliphatic carbocycles. The summed E-state index contributed by atoms with van der Waals surface area (Å²) in [5.74, 6) is 0.465. The van der Waals surface area contributed by atoms with E-state index < -0.39 is 0 Å². The number of nitrogens with zero attached hydrogens (tertiary/aromatic N) is 4. The summed E-state index contributed by atoms with van der Waals surface area (Å²) in [6.45, 7) is 3.97. The van der Waals surface area contributed by atoms with Crippen molar-refractivity contribution < 1.29 is 0 Å². The molecular formula is C15H13N5OS. The van der Waals surface area contributed by atoms with Gasteiger partial charge in [0.2, 0.25) is 0 Å². The van der Waals surface area contributed by atoms with Gasteiger partial charge in [0.25, 0.3) is 5.56 Å². The van der Waals surface area contributed by atoms with Crippen LogP contribution in [0.1, 0.15) is 36.2 Å². The topological polar surface area (TPSA) is 87.4 Å². The van der Waals surface area contributed by atoms with E-state index >= 15 is 0 Å². The Hall–Kier alpha value is -2.72. The number of rotatable bonds is 3. The van der Waals surface area contributed by atoms with Crippen LogP contribution < -0.4 is 5.56 Å². The van der Waals surface area contributed by atoms with Gasteiger partial charge in [-0.1, -0.05) is 0 Å². The molecule has 0 bridgehead atoms. The van der Waals surface area contributed by atoms with Crippen molar-refractivity contribution in [3.8, 4) is 6.07 Å². The Morgan fingerprint density at radius 2 is 2.27 bits per heavy atom. The van der Waals surface area contributed by atoms with E-state index in [4.69, 9.17) is 5.26 Å². The van der Waals surface area contributed by atoms with Gasteiger partial charge >= 0.3 is 0 Å². The molecule has 3 aromatic rings. The number of H-pyrrole nitrogens is 1. The Morgan fingerprint density at radius 3 is 2.95 bits per heavy atom. The van der Waals surface area contributed by atoms with E-state index in [0.29, 0.717) is 22.4 Å². The van der Waals surface area contributed by atoms with Gasteiger partial charge < -0.3 is 4.98 Å². The highest BCUT2D eigenvalue weighted by Crippen LogP contribution is 2.17. The summed E-state index contributed by atoms with van der Waals surface area (Å²) in [5, 5.41) is 15.3. The molecule has 7 heteroatoms. The zero-order valence-electron chi connectivity index (χ0n) is 12.1. The molecule has 3 aromatic heterocycles. The largest absolute Gasteiger partial charge is 0.306 e. The number of hydrogen-bond donors (Lipinski definition) is 1. The van der Waals surface area contributed by atoms with Crippen molar-refractivity contribution in [2.45, 2.75) is 19.9 Å². The summed E-state index contributed by atoms with van der Waals surface area (Å²) < 4.78 is 1.72. The molecule has 0 radical (unpaired) electrons. The minimum atomic E-state index is -0.208. The molecule has 1 N–H and O–H groups in total. The first-order valence-corrected chi connectivity index (χ1v) is 7.60. The number of hydrogen-bond acceptors (Lipinski definition) is 5. The molecule has 0 fully saturated rings. The summed E-state index contributed by atoms with van der Waals surface area (Å²) in [7, 11) is 0. The number of aromatic amines is 1. The summed E-state index contributed by atoms with van der Waals surface area (Å²) in [6, 6.07) is 4.00. The quantitative estimate of drug-likeness (QED) is 0.805. The predicted octanol–water partition coefficient (Wildman–Crippen LogP) is 2.80. The Balaban J connectivity index is 2.02. The average molecular weight is 311 g/mol. The summed E-state index contributed by atoms with van der Waals surface area (Å²) >= 11 is 1.46. The summed E-state index contributed by atoms with van der Waals surface area (Å²) in [5.41, 5.74) is 0.988. The summed E-state index contributed by atoms with van der Waals surface area (Å²) in [4.78, 5) is 20.2. The number of fused-ring (bicyclic) bond motifs is 1. The van der Waals surface area contributed by atoms with Gasteiger partial charge in [0.05, 0.1) is 11.8 Å². The lowest BCUT2D eigenvalue weighted by Gasteiger charge is -2.05. The van der Waals surface area contributed by atoms with Crippen molar-refractivity contribution in [3.05, 3.63) is 44.3 Å². The molecular weight excluding hydrogens is 298 g/mol. The lowest BCUT2D eigenvalue weighted by Crippen LogP contribution is -2.11. The van der Waals surface area contributed by atoms with E-state index in [2.05, 4.69) is 21.1 Å². The highest BCUT2D eigenvalue weighted by molar-refractivity contribution is 7.11. The molecule has 0 atom stereocenters. The fourth-order valence-corrected chi connectivity index (χ4v) is 2.80. The zero-order valence-corrected chi connectivity index (χ0v) is 12.9. The van der Waals surface area contributed by atoms with Gasteiger partial charge in [-0.05, 0) is 32.1 Å². The predicted molar refractivity (Wildman–Crippen MR) is 86.5 cm³/mol. The third-order valence-electron chi connectivity index (χ3n) is 3.13. The van der Waals surface area contributed by atoms with Crippen LogP contribution >= 0.6 is 11.3 Å². The van der Waals surface area contributed by atoms with Crippen molar-refractivity contribution >= 4 is 34.5 Å². The standard InChI is InChI=1S/C15H13N5OS/c1-9(2)20-14-12(7-17-20)15(21)19-13(18-14)4-3-11-5-10(6-16)8-22-11/h3-5,7-9H,1-2H3,(H,18,19,21). The van der Waals surface area contributed by atoms with Gasteiger partial charge in [-0.15, -0.1) is 11.3 Å². The third kappa shape index (κ3) is 2.56. The number of nitrogens with one attached hydrogen (secondary N) is 1. The molecule has 0 aromatic carbocycles. The smallest absolute Gasteiger partial charge is 0.262 e. The van der Waals surface area contributed by atoms with Crippen LogP contribution in [0, 0.1) is 11.3 Å². The lowest BCUT2D eigenvalue weighted by atomic mass is 10.3. The maximum atomic E-state index is 12.1. The number of aromatic nitrogens is 4. The Kier molecular flexibility index (Phi) is 3.61.